The molecule has 3 aliphatic carbocycles. The van der Waals surface area contributed by atoms with Gasteiger partial charge in [0.05, 0.1) is 36.1 Å². The maximum atomic E-state index is 14.4. The van der Waals surface area contributed by atoms with Gasteiger partial charge in [0.2, 0.25) is 11.8 Å². The van der Waals surface area contributed by atoms with E-state index in [2.05, 4.69) is 72.1 Å². The molecular weight excluding hydrogens is 1080 g/mol. The Kier molecular flexibility index (Phi) is 17.4. The highest BCUT2D eigenvalue weighted by atomic mass is 35.5. The van der Waals surface area contributed by atoms with Crippen molar-refractivity contribution < 1.29 is 19.1 Å². The summed E-state index contributed by atoms with van der Waals surface area (Å²) < 4.78 is 9.97. The van der Waals surface area contributed by atoms with Crippen molar-refractivity contribution >= 4 is 52.5 Å². The van der Waals surface area contributed by atoms with Gasteiger partial charge < -0.3 is 34.7 Å². The molecule has 4 unspecified atom stereocenters. The number of carbonyl (C=O) groups is 3. The lowest BCUT2D eigenvalue weighted by Crippen LogP contribution is -2.60. The van der Waals surface area contributed by atoms with Gasteiger partial charge in [-0.2, -0.15) is 0 Å². The average Bonchev–Trinajstić information content (AvgIpc) is 3.59. The van der Waals surface area contributed by atoms with E-state index in [9.17, 15) is 14.4 Å². The zero-order valence-electron chi connectivity index (χ0n) is 46.3. The second-order valence-electron chi connectivity index (χ2n) is 22.2. The molecule has 18 heteroatoms. The summed E-state index contributed by atoms with van der Waals surface area (Å²) in [7, 11) is 0. The fraction of sp³-hybridized carbons (Fsp3) is 0.338. The lowest BCUT2D eigenvalue weighted by Gasteiger charge is -2.44. The van der Waals surface area contributed by atoms with Gasteiger partial charge in [-0.3, -0.25) is 29.4 Å². The van der Waals surface area contributed by atoms with Crippen LogP contribution in [0.4, 0.5) is 16.2 Å². The topological polar surface area (TPSA) is 168 Å². The summed E-state index contributed by atoms with van der Waals surface area (Å²) in [5, 5.41) is 11.2. The average molecular weight is 1150 g/mol. The van der Waals surface area contributed by atoms with Gasteiger partial charge >= 0.3 is 6.09 Å². The van der Waals surface area contributed by atoms with Crippen LogP contribution in [0.2, 0.25) is 10.0 Å². The third-order valence-electron chi connectivity index (χ3n) is 16.8. The number of piperazine rings is 2. The van der Waals surface area contributed by atoms with Gasteiger partial charge in [0.1, 0.15) is 18.2 Å². The first-order valence-corrected chi connectivity index (χ1v) is 29.8. The first-order chi connectivity index (χ1) is 40.7. The highest BCUT2D eigenvalue weighted by Crippen LogP contribution is 2.41. The number of hydrogen-bond acceptors (Lipinski definition) is 11. The van der Waals surface area contributed by atoms with E-state index in [1.54, 1.807) is 29.9 Å². The molecule has 0 spiro atoms. The van der Waals surface area contributed by atoms with Crippen molar-refractivity contribution in [1.29, 1.82) is 0 Å². The van der Waals surface area contributed by atoms with Gasteiger partial charge in [-0.05, 0) is 157 Å². The van der Waals surface area contributed by atoms with Crippen molar-refractivity contribution in [2.45, 2.75) is 101 Å². The first-order valence-electron chi connectivity index (χ1n) is 29.0. The number of aromatic nitrogens is 6. The highest BCUT2D eigenvalue weighted by Gasteiger charge is 2.43. The summed E-state index contributed by atoms with van der Waals surface area (Å²) in [6.45, 7) is 4.62. The lowest BCUT2D eigenvalue weighted by molar-refractivity contribution is -0.124. The first kappa shape index (κ1) is 55.8. The summed E-state index contributed by atoms with van der Waals surface area (Å²) in [6, 6.07) is 34.9. The van der Waals surface area contributed by atoms with Crippen molar-refractivity contribution in [3.05, 3.63) is 225 Å². The largest absolute Gasteiger partial charge is 0.446 e. The zero-order chi connectivity index (χ0) is 56.7. The Hall–Kier alpha value is -7.73. The number of amides is 3. The Morgan fingerprint density at radius 3 is 1.67 bits per heavy atom. The van der Waals surface area contributed by atoms with Crippen LogP contribution >= 0.6 is 23.2 Å². The number of ether oxygens (including phenoxy) is 1. The summed E-state index contributed by atoms with van der Waals surface area (Å²) in [6.07, 6.45) is 22.8. The van der Waals surface area contributed by atoms with Gasteiger partial charge in [-0.1, -0.05) is 78.2 Å². The minimum absolute atomic E-state index is 0.0239. The molecule has 0 bridgehead atoms. The molecule has 5 aliphatic rings. The van der Waals surface area contributed by atoms with Crippen molar-refractivity contribution in [2.75, 3.05) is 49.9 Å². The number of hydrogen-bond donors (Lipinski definition) is 3. The Bertz CT molecular complexity index is 3560. The minimum Gasteiger partial charge on any atom is -0.446 e. The van der Waals surface area contributed by atoms with Crippen molar-refractivity contribution in [3.63, 3.8) is 0 Å². The van der Waals surface area contributed by atoms with E-state index in [1.807, 2.05) is 107 Å². The SMILES string of the molecule is O=C(Nc1cccc(Cn2ccnc2)c1)C1CN(C(=O)OC2CCCCC2)CCN1C1c2ccc(Cl)cc2CCc2cccnc21.O=C(Nc1cccc(Cn2ccnc2)c1)C1CNCCN1C1c2ccc(Cl)cc2CCc2cccnc21. The van der Waals surface area contributed by atoms with E-state index in [4.69, 9.17) is 37.9 Å². The molecule has 3 fully saturated rings. The Balaban J connectivity index is 0.000000168. The van der Waals surface area contributed by atoms with Crippen LogP contribution in [-0.4, -0.2) is 119 Å². The van der Waals surface area contributed by atoms with Crippen LogP contribution in [0.1, 0.15) is 100 Å². The number of nitrogens with one attached hydrogen (secondary N) is 3. The highest BCUT2D eigenvalue weighted by molar-refractivity contribution is 6.31. The van der Waals surface area contributed by atoms with Gasteiger partial charge in [-0.25, -0.2) is 14.8 Å². The van der Waals surface area contributed by atoms with Crippen LogP contribution < -0.4 is 16.0 Å². The third kappa shape index (κ3) is 13.1. The Morgan fingerprint density at radius 1 is 0.578 bits per heavy atom. The molecule has 6 heterocycles. The summed E-state index contributed by atoms with van der Waals surface area (Å²) >= 11 is 12.9. The Morgan fingerprint density at radius 2 is 1.12 bits per heavy atom. The number of halogens is 2. The van der Waals surface area contributed by atoms with Crippen LogP contribution in [0.3, 0.4) is 0 Å². The molecule has 4 aromatic heterocycles. The number of imidazole rings is 2. The maximum Gasteiger partial charge on any atom is 0.410 e. The van der Waals surface area contributed by atoms with Gasteiger partial charge in [0.15, 0.2) is 0 Å². The molecule has 4 atom stereocenters. The van der Waals surface area contributed by atoms with E-state index in [0.29, 0.717) is 43.4 Å². The molecule has 2 saturated heterocycles. The van der Waals surface area contributed by atoms with Crippen molar-refractivity contribution in [1.82, 2.24) is 49.1 Å². The Labute approximate surface area is 494 Å². The van der Waals surface area contributed by atoms with E-state index in [-0.39, 0.29) is 48.7 Å². The standard InChI is InChI=1S/C36H39ClN6O3.C29H29ClN6O/c37-28-13-14-31-27(21-28)12-11-26-7-5-15-39-33(26)34(31)43-19-18-42(36(45)46-30-9-2-1-3-10-30)23-32(43)35(44)40-29-8-4-6-25(20-29)22-41-17-16-38-24-41;30-23-8-9-25-22(16-23)7-6-21-4-2-10-33-27(21)28(25)36-14-12-31-17-26(36)29(37)34-24-5-1-3-20(15-24)18-35-13-11-32-19-35/h4-8,13-17,20-21,24,30,32,34H,1-3,9-12,18-19,22-23H2,(H,40,44);1-5,8-11,13,15-16,19,26,28,31H,6-7,12,14,17-18H2,(H,34,37). The number of fused-ring (bicyclic) bond motifs is 4. The predicted octanol–water partition coefficient (Wildman–Crippen LogP) is 10.3. The number of aryl methyl sites for hydroxylation is 4. The summed E-state index contributed by atoms with van der Waals surface area (Å²) in [5.74, 6) is -0.198. The van der Waals surface area contributed by atoms with E-state index in [0.717, 1.165) is 114 Å². The van der Waals surface area contributed by atoms with Gasteiger partial charge in [0.25, 0.3) is 0 Å². The quantitative estimate of drug-likeness (QED) is 0.113. The number of nitrogens with zero attached hydrogens (tertiary/aromatic N) is 9. The molecule has 426 valence electrons. The number of anilines is 2. The molecule has 13 rings (SSSR count). The monoisotopic (exact) mass is 1150 g/mol. The molecule has 0 radical (unpaired) electrons. The van der Waals surface area contributed by atoms with Crippen LogP contribution in [0.5, 0.6) is 0 Å². The van der Waals surface area contributed by atoms with Crippen molar-refractivity contribution in [3.8, 4) is 0 Å². The molecule has 2 aliphatic heterocycles. The smallest absolute Gasteiger partial charge is 0.410 e. The number of rotatable bonds is 11. The van der Waals surface area contributed by atoms with Crippen molar-refractivity contribution in [2.24, 2.45) is 0 Å². The normalized spacial score (nSPS) is 20.0. The fourth-order valence-corrected chi connectivity index (χ4v) is 13.1. The summed E-state index contributed by atoms with van der Waals surface area (Å²) in [4.78, 5) is 65.9. The maximum absolute atomic E-state index is 14.4. The van der Waals surface area contributed by atoms with Crippen LogP contribution in [-0.2, 0) is 53.1 Å². The molecule has 8 aromatic rings. The van der Waals surface area contributed by atoms with Gasteiger partial charge in [-0.15, -0.1) is 0 Å². The van der Waals surface area contributed by atoms with Gasteiger partial charge in [0, 0.05) is 111 Å². The number of benzene rings is 4. The molecule has 4 aromatic carbocycles. The molecule has 83 heavy (non-hydrogen) atoms. The third-order valence-corrected chi connectivity index (χ3v) is 17.3. The number of carbonyl (C=O) groups excluding carboxylic acids is 3. The molecule has 16 nitrogen and oxygen atoms in total. The van der Waals surface area contributed by atoms with Crippen LogP contribution in [0, 0.1) is 0 Å². The van der Waals surface area contributed by atoms with Crippen LogP contribution in [0.25, 0.3) is 0 Å². The zero-order valence-corrected chi connectivity index (χ0v) is 47.8. The molecule has 3 amide bonds. The van der Waals surface area contributed by atoms with Crippen LogP contribution in [0.15, 0.2) is 159 Å². The molecule has 3 N–H and O–H groups in total. The van der Waals surface area contributed by atoms with E-state index < -0.39 is 6.04 Å². The second kappa shape index (κ2) is 25.8. The lowest BCUT2D eigenvalue weighted by atomic mass is 9.94. The van der Waals surface area contributed by atoms with E-state index >= 15 is 0 Å². The predicted molar refractivity (Wildman–Crippen MR) is 321 cm³/mol. The minimum atomic E-state index is -0.647. The summed E-state index contributed by atoms with van der Waals surface area (Å²) in [5.41, 5.74) is 12.7. The number of pyridine rings is 2. The molecule has 1 saturated carbocycles. The fourth-order valence-electron chi connectivity index (χ4n) is 12.7. The van der Waals surface area contributed by atoms with E-state index in [1.165, 1.54) is 23.1 Å². The molecular formula is C65H68Cl2N12O4. The second-order valence-corrected chi connectivity index (χ2v) is 23.1.